The SMILES string of the molecule is O=C(NCCCCc1ccc(Cl)cc1)c1ccccc1CNCCc1c[nH]c2ccc(O)cc12. The van der Waals surface area contributed by atoms with Crippen molar-refractivity contribution in [3.05, 3.63) is 100 Å². The average molecular weight is 476 g/mol. The molecular formula is C28H30ClN3O2. The maximum absolute atomic E-state index is 12.8. The second-order valence-corrected chi connectivity index (χ2v) is 8.90. The number of aromatic amines is 1. The molecule has 4 rings (SSSR count). The fourth-order valence-electron chi connectivity index (χ4n) is 4.12. The van der Waals surface area contributed by atoms with Gasteiger partial charge in [-0.3, -0.25) is 4.79 Å². The number of aromatic nitrogens is 1. The normalized spacial score (nSPS) is 11.1. The summed E-state index contributed by atoms with van der Waals surface area (Å²) in [5.41, 5.74) is 5.13. The Balaban J connectivity index is 1.22. The second kappa shape index (κ2) is 11.7. The van der Waals surface area contributed by atoms with Crippen LogP contribution in [0.3, 0.4) is 0 Å². The lowest BCUT2D eigenvalue weighted by Crippen LogP contribution is -2.27. The zero-order valence-corrected chi connectivity index (χ0v) is 19.9. The van der Waals surface area contributed by atoms with E-state index in [2.05, 4.69) is 15.6 Å². The van der Waals surface area contributed by atoms with Gasteiger partial charge < -0.3 is 20.7 Å². The summed E-state index contributed by atoms with van der Waals surface area (Å²) in [7, 11) is 0. The molecule has 34 heavy (non-hydrogen) atoms. The third-order valence-electron chi connectivity index (χ3n) is 5.99. The number of hydrogen-bond acceptors (Lipinski definition) is 3. The molecule has 1 aromatic heterocycles. The lowest BCUT2D eigenvalue weighted by atomic mass is 10.1. The van der Waals surface area contributed by atoms with E-state index in [1.54, 1.807) is 12.1 Å². The van der Waals surface area contributed by atoms with Gasteiger partial charge in [0.05, 0.1) is 0 Å². The number of aryl methyl sites for hydroxylation is 1. The van der Waals surface area contributed by atoms with Crippen molar-refractivity contribution in [2.75, 3.05) is 13.1 Å². The van der Waals surface area contributed by atoms with Crippen LogP contribution in [0.4, 0.5) is 0 Å². The number of carbonyl (C=O) groups excluding carboxylic acids is 1. The fraction of sp³-hybridized carbons (Fsp3) is 0.250. The first-order valence-electron chi connectivity index (χ1n) is 11.7. The summed E-state index contributed by atoms with van der Waals surface area (Å²) < 4.78 is 0. The highest BCUT2D eigenvalue weighted by Gasteiger charge is 2.10. The third kappa shape index (κ3) is 6.40. The summed E-state index contributed by atoms with van der Waals surface area (Å²) in [6.45, 7) is 2.04. The molecule has 4 aromatic rings. The summed E-state index contributed by atoms with van der Waals surface area (Å²) in [5, 5.41) is 18.1. The van der Waals surface area contributed by atoms with E-state index in [1.165, 1.54) is 5.56 Å². The van der Waals surface area contributed by atoms with Gasteiger partial charge in [-0.05, 0) is 85.3 Å². The van der Waals surface area contributed by atoms with Gasteiger partial charge in [0.15, 0.2) is 0 Å². The van der Waals surface area contributed by atoms with Crippen LogP contribution < -0.4 is 10.6 Å². The molecule has 0 atom stereocenters. The molecular weight excluding hydrogens is 446 g/mol. The summed E-state index contributed by atoms with van der Waals surface area (Å²) in [6, 6.07) is 21.0. The molecule has 1 amide bonds. The highest BCUT2D eigenvalue weighted by atomic mass is 35.5. The Labute approximate surface area is 205 Å². The van der Waals surface area contributed by atoms with Gasteiger partial charge in [-0.25, -0.2) is 0 Å². The zero-order valence-electron chi connectivity index (χ0n) is 19.1. The molecule has 0 aliphatic heterocycles. The Morgan fingerprint density at radius 3 is 2.59 bits per heavy atom. The first-order chi connectivity index (χ1) is 16.6. The van der Waals surface area contributed by atoms with Crippen LogP contribution in [0.2, 0.25) is 5.02 Å². The summed E-state index contributed by atoms with van der Waals surface area (Å²) in [6.07, 6.45) is 5.72. The number of rotatable bonds is 11. The van der Waals surface area contributed by atoms with Crippen LogP contribution in [0.1, 0.15) is 39.9 Å². The van der Waals surface area contributed by atoms with Crippen LogP contribution in [0.25, 0.3) is 10.9 Å². The molecule has 0 spiro atoms. The van der Waals surface area contributed by atoms with Gasteiger partial charge in [0, 0.05) is 40.8 Å². The quantitative estimate of drug-likeness (QED) is 0.213. The number of H-pyrrole nitrogens is 1. The van der Waals surface area contributed by atoms with Crippen LogP contribution >= 0.6 is 11.6 Å². The molecule has 176 valence electrons. The number of aromatic hydroxyl groups is 1. The highest BCUT2D eigenvalue weighted by Crippen LogP contribution is 2.23. The van der Waals surface area contributed by atoms with Crippen molar-refractivity contribution in [1.29, 1.82) is 0 Å². The van der Waals surface area contributed by atoms with Crippen LogP contribution in [-0.4, -0.2) is 29.1 Å². The van der Waals surface area contributed by atoms with Gasteiger partial charge in [-0.1, -0.05) is 41.9 Å². The van der Waals surface area contributed by atoms with E-state index in [4.69, 9.17) is 11.6 Å². The Kier molecular flexibility index (Phi) is 8.23. The predicted octanol–water partition coefficient (Wildman–Crippen LogP) is 5.61. The highest BCUT2D eigenvalue weighted by molar-refractivity contribution is 6.30. The lowest BCUT2D eigenvalue weighted by molar-refractivity contribution is 0.0952. The maximum Gasteiger partial charge on any atom is 0.251 e. The van der Waals surface area contributed by atoms with Crippen molar-refractivity contribution in [1.82, 2.24) is 15.6 Å². The van der Waals surface area contributed by atoms with Crippen LogP contribution in [-0.2, 0) is 19.4 Å². The van der Waals surface area contributed by atoms with E-state index in [0.29, 0.717) is 18.7 Å². The first kappa shape index (κ1) is 23.9. The predicted molar refractivity (Wildman–Crippen MR) is 139 cm³/mol. The largest absolute Gasteiger partial charge is 0.508 e. The smallest absolute Gasteiger partial charge is 0.251 e. The van der Waals surface area contributed by atoms with Crippen LogP contribution in [0.5, 0.6) is 5.75 Å². The van der Waals surface area contributed by atoms with Gasteiger partial charge in [0.2, 0.25) is 0 Å². The van der Waals surface area contributed by atoms with Gasteiger partial charge in [0.25, 0.3) is 5.91 Å². The Morgan fingerprint density at radius 1 is 0.912 bits per heavy atom. The third-order valence-corrected chi connectivity index (χ3v) is 6.24. The number of carbonyl (C=O) groups is 1. The van der Waals surface area contributed by atoms with Crippen molar-refractivity contribution in [2.24, 2.45) is 0 Å². The van der Waals surface area contributed by atoms with Crippen LogP contribution in [0, 0.1) is 0 Å². The van der Waals surface area contributed by atoms with E-state index < -0.39 is 0 Å². The van der Waals surface area contributed by atoms with E-state index >= 15 is 0 Å². The van der Waals surface area contributed by atoms with Crippen molar-refractivity contribution in [3.8, 4) is 5.75 Å². The molecule has 3 aromatic carbocycles. The summed E-state index contributed by atoms with van der Waals surface area (Å²) >= 11 is 5.93. The molecule has 1 heterocycles. The van der Waals surface area contributed by atoms with Crippen molar-refractivity contribution < 1.29 is 9.90 Å². The van der Waals surface area contributed by atoms with Crippen molar-refractivity contribution in [2.45, 2.75) is 32.2 Å². The number of amides is 1. The molecule has 0 aliphatic rings. The molecule has 5 nitrogen and oxygen atoms in total. The topological polar surface area (TPSA) is 77.2 Å². The number of hydrogen-bond donors (Lipinski definition) is 4. The van der Waals surface area contributed by atoms with E-state index in [-0.39, 0.29) is 11.7 Å². The molecule has 0 radical (unpaired) electrons. The number of phenolic OH excluding ortho intramolecular Hbond substituents is 1. The first-order valence-corrected chi connectivity index (χ1v) is 12.1. The number of fused-ring (bicyclic) bond motifs is 1. The maximum atomic E-state index is 12.8. The Bertz CT molecular complexity index is 1230. The Morgan fingerprint density at radius 2 is 1.74 bits per heavy atom. The number of nitrogens with one attached hydrogen (secondary N) is 3. The molecule has 0 unspecified atom stereocenters. The second-order valence-electron chi connectivity index (χ2n) is 8.47. The van der Waals surface area contributed by atoms with Crippen LogP contribution in [0.15, 0.2) is 72.9 Å². The minimum absolute atomic E-state index is 0.0315. The molecule has 0 fully saturated rings. The lowest BCUT2D eigenvalue weighted by Gasteiger charge is -2.11. The average Bonchev–Trinajstić information content (AvgIpc) is 3.25. The number of phenols is 1. The molecule has 0 bridgehead atoms. The van der Waals surface area contributed by atoms with Crippen molar-refractivity contribution >= 4 is 28.4 Å². The van der Waals surface area contributed by atoms with Gasteiger partial charge in [0.1, 0.15) is 5.75 Å². The number of benzene rings is 3. The minimum Gasteiger partial charge on any atom is -0.508 e. The number of halogens is 1. The van der Waals surface area contributed by atoms with E-state index in [9.17, 15) is 9.90 Å². The standard InChI is InChI=1S/C28H30ClN3O2/c29-23-10-8-20(9-11-23)5-3-4-15-31-28(34)25-7-2-1-6-21(25)18-30-16-14-22-19-32-27-13-12-24(33)17-26(22)27/h1-2,6-13,17,19,30,32-33H,3-5,14-16,18H2,(H,31,34). The van der Waals surface area contributed by atoms with Gasteiger partial charge >= 0.3 is 0 Å². The molecule has 4 N–H and O–H groups in total. The van der Waals surface area contributed by atoms with E-state index in [1.807, 2.05) is 60.8 Å². The van der Waals surface area contributed by atoms with Crippen molar-refractivity contribution in [3.63, 3.8) is 0 Å². The van der Waals surface area contributed by atoms with Gasteiger partial charge in [-0.15, -0.1) is 0 Å². The molecule has 0 saturated heterocycles. The molecule has 0 aliphatic carbocycles. The fourth-order valence-corrected chi connectivity index (χ4v) is 4.24. The zero-order chi connectivity index (χ0) is 23.8. The van der Waals surface area contributed by atoms with E-state index in [0.717, 1.165) is 59.3 Å². The summed E-state index contributed by atoms with van der Waals surface area (Å²) in [5.74, 6) is 0.238. The van der Waals surface area contributed by atoms with Gasteiger partial charge in [-0.2, -0.15) is 0 Å². The number of unbranched alkanes of at least 4 members (excludes halogenated alkanes) is 1. The molecule has 0 saturated carbocycles. The minimum atomic E-state index is -0.0315. The monoisotopic (exact) mass is 475 g/mol. The molecule has 6 heteroatoms. The summed E-state index contributed by atoms with van der Waals surface area (Å²) in [4.78, 5) is 16.0. The Hall–Kier alpha value is -3.28.